The van der Waals surface area contributed by atoms with Crippen molar-refractivity contribution in [3.63, 3.8) is 0 Å². The molecule has 0 fully saturated rings. The Bertz CT molecular complexity index is 3510. The van der Waals surface area contributed by atoms with Crippen molar-refractivity contribution in [3.05, 3.63) is 200 Å². The van der Waals surface area contributed by atoms with Crippen molar-refractivity contribution in [3.8, 4) is 33.4 Å². The highest BCUT2D eigenvalue weighted by atomic mass is 28.3. The summed E-state index contributed by atoms with van der Waals surface area (Å²) >= 11 is 0. The minimum atomic E-state index is -2.46. The first kappa shape index (κ1) is 30.3. The van der Waals surface area contributed by atoms with E-state index >= 15 is 0 Å². The summed E-state index contributed by atoms with van der Waals surface area (Å²) in [6, 6.07) is 75.8. The Balaban J connectivity index is 1.11. The highest BCUT2D eigenvalue weighted by Crippen LogP contribution is 2.41. The van der Waals surface area contributed by atoms with Crippen LogP contribution in [0, 0.1) is 0 Å². The van der Waals surface area contributed by atoms with E-state index in [0.717, 1.165) is 0 Å². The van der Waals surface area contributed by atoms with Crippen molar-refractivity contribution < 1.29 is 0 Å². The van der Waals surface area contributed by atoms with Gasteiger partial charge in [0, 0.05) is 21.5 Å². The van der Waals surface area contributed by atoms with E-state index < -0.39 is 8.07 Å². The Hall–Kier alpha value is -7.00. The molecule has 0 bridgehead atoms. The first-order chi connectivity index (χ1) is 27.8. The van der Waals surface area contributed by atoms with E-state index in [2.05, 4.69) is 205 Å². The van der Waals surface area contributed by atoms with Gasteiger partial charge in [0.15, 0.2) is 8.07 Å². The number of aromatic nitrogens is 1. The Morgan fingerprint density at radius 2 is 0.679 bits per heavy atom. The quantitative estimate of drug-likeness (QED) is 0.149. The third kappa shape index (κ3) is 3.74. The third-order valence-electron chi connectivity index (χ3n) is 13.0. The molecule has 2 aliphatic rings. The van der Waals surface area contributed by atoms with Crippen molar-refractivity contribution in [1.29, 1.82) is 0 Å². The van der Waals surface area contributed by atoms with Crippen molar-refractivity contribution in [2.45, 2.75) is 0 Å². The number of hydrogen-bond donors (Lipinski definition) is 0. The maximum absolute atomic E-state index is 2.53. The molecule has 0 aliphatic carbocycles. The molecule has 1 spiro atoms. The molecule has 9 aromatic carbocycles. The molecule has 0 atom stereocenters. The van der Waals surface area contributed by atoms with E-state index in [0.29, 0.717) is 0 Å². The molecule has 2 aliphatic heterocycles. The fraction of sp³-hybridized carbons (Fsp3) is 0. The average Bonchev–Trinajstić information content (AvgIpc) is 3.88. The Kier molecular flexibility index (Phi) is 5.98. The number of nitrogens with zero attached hydrogens (tertiary/aromatic N) is 1. The highest BCUT2D eigenvalue weighted by molar-refractivity contribution is 7.24. The van der Waals surface area contributed by atoms with Crippen molar-refractivity contribution in [2.24, 2.45) is 0 Å². The molecule has 0 saturated heterocycles. The van der Waals surface area contributed by atoms with Crippen LogP contribution >= 0.6 is 0 Å². The van der Waals surface area contributed by atoms with Crippen molar-refractivity contribution in [2.75, 3.05) is 0 Å². The fourth-order valence-corrected chi connectivity index (χ4v) is 16.4. The zero-order valence-electron chi connectivity index (χ0n) is 30.5. The molecule has 0 saturated carbocycles. The lowest BCUT2D eigenvalue weighted by Gasteiger charge is -2.27. The second-order valence-corrected chi connectivity index (χ2v) is 19.2. The van der Waals surface area contributed by atoms with Crippen LogP contribution in [0.15, 0.2) is 200 Å². The summed E-state index contributed by atoms with van der Waals surface area (Å²) in [5.41, 5.74) is 11.7. The summed E-state index contributed by atoms with van der Waals surface area (Å²) in [7, 11) is -2.46. The second kappa shape index (κ2) is 11.0. The smallest absolute Gasteiger partial charge is 0.182 e. The van der Waals surface area contributed by atoms with Gasteiger partial charge in [-0.1, -0.05) is 176 Å². The van der Waals surface area contributed by atoms with Gasteiger partial charge in [-0.15, -0.1) is 0 Å². The van der Waals surface area contributed by atoms with E-state index in [9.17, 15) is 0 Å². The second-order valence-electron chi connectivity index (χ2n) is 15.5. The van der Waals surface area contributed by atoms with Crippen LogP contribution in [-0.4, -0.2) is 12.5 Å². The minimum absolute atomic E-state index is 1.20. The number of rotatable bonds is 1. The summed E-state index contributed by atoms with van der Waals surface area (Å²) in [6.45, 7) is 0. The molecule has 0 N–H and O–H groups in total. The summed E-state index contributed by atoms with van der Waals surface area (Å²) in [5, 5.41) is 16.1. The molecule has 13 rings (SSSR count). The molecule has 2 heteroatoms. The molecular weight excluding hydrogens is 691 g/mol. The molecule has 1 nitrogen and oxygen atoms in total. The van der Waals surface area contributed by atoms with Gasteiger partial charge in [0.2, 0.25) is 0 Å². The van der Waals surface area contributed by atoms with Crippen LogP contribution in [0.25, 0.3) is 93.0 Å². The largest absolute Gasteiger partial charge is 0.308 e. The van der Waals surface area contributed by atoms with Crippen molar-refractivity contribution >= 4 is 88.5 Å². The SMILES string of the molecule is c1ccc2c(c1)-c1ccccc1[Si]21c2ccccc2-c2cc(-c3ccc4c(c3)c3cccc5c6ccccc6c6ccccc6c6ccccc6n4c53)ccc21. The van der Waals surface area contributed by atoms with E-state index in [-0.39, 0.29) is 0 Å². The van der Waals surface area contributed by atoms with Gasteiger partial charge in [0.05, 0.1) is 16.6 Å². The molecule has 2 aromatic heterocycles. The molecule has 11 aromatic rings. The van der Waals surface area contributed by atoms with Crippen LogP contribution in [0.5, 0.6) is 0 Å². The predicted octanol–water partition coefficient (Wildman–Crippen LogP) is 11.3. The fourth-order valence-electron chi connectivity index (χ4n) is 10.8. The van der Waals surface area contributed by atoms with E-state index in [1.165, 1.54) is 114 Å². The monoisotopic (exact) mass is 723 g/mol. The van der Waals surface area contributed by atoms with Gasteiger partial charge in [0.1, 0.15) is 0 Å². The van der Waals surface area contributed by atoms with Crippen LogP contribution in [0.2, 0.25) is 0 Å². The summed E-state index contributed by atoms with van der Waals surface area (Å²) in [6.07, 6.45) is 0. The maximum atomic E-state index is 2.53. The van der Waals surface area contributed by atoms with Gasteiger partial charge < -0.3 is 4.40 Å². The summed E-state index contributed by atoms with van der Waals surface area (Å²) in [4.78, 5) is 0. The zero-order chi connectivity index (χ0) is 36.5. The van der Waals surface area contributed by atoms with Gasteiger partial charge >= 0.3 is 0 Å². The van der Waals surface area contributed by atoms with Gasteiger partial charge in [0.25, 0.3) is 0 Å². The topological polar surface area (TPSA) is 4.41 Å². The highest BCUT2D eigenvalue weighted by Gasteiger charge is 2.53. The number of fused-ring (bicyclic) bond motifs is 20. The van der Waals surface area contributed by atoms with Gasteiger partial charge in [-0.05, 0) is 99.9 Å². The molecule has 4 heterocycles. The maximum Gasteiger partial charge on any atom is 0.182 e. The van der Waals surface area contributed by atoms with Gasteiger partial charge in [-0.2, -0.15) is 0 Å². The lowest BCUT2D eigenvalue weighted by atomic mass is 9.97. The molecule has 0 unspecified atom stereocenters. The Morgan fingerprint density at radius 1 is 0.268 bits per heavy atom. The predicted molar refractivity (Wildman–Crippen MR) is 241 cm³/mol. The number of hydrogen-bond acceptors (Lipinski definition) is 0. The number of benzene rings is 9. The minimum Gasteiger partial charge on any atom is -0.308 e. The Morgan fingerprint density at radius 3 is 1.32 bits per heavy atom. The summed E-state index contributed by atoms with van der Waals surface area (Å²) < 4.78 is 2.53. The Labute approximate surface area is 325 Å². The lowest BCUT2D eigenvalue weighted by molar-refractivity contribution is 1.35. The number of para-hydroxylation sites is 2. The summed E-state index contributed by atoms with van der Waals surface area (Å²) in [5.74, 6) is 0. The van der Waals surface area contributed by atoms with Gasteiger partial charge in [-0.25, -0.2) is 0 Å². The first-order valence-corrected chi connectivity index (χ1v) is 21.6. The normalized spacial score (nSPS) is 13.5. The van der Waals surface area contributed by atoms with E-state index in [1.54, 1.807) is 0 Å². The molecule has 258 valence electrons. The third-order valence-corrected chi connectivity index (χ3v) is 18.0. The van der Waals surface area contributed by atoms with Crippen LogP contribution < -0.4 is 20.7 Å². The lowest BCUT2D eigenvalue weighted by Crippen LogP contribution is -2.70. The zero-order valence-corrected chi connectivity index (χ0v) is 31.5. The van der Waals surface area contributed by atoms with E-state index in [1.807, 2.05) is 0 Å². The van der Waals surface area contributed by atoms with E-state index in [4.69, 9.17) is 0 Å². The average molecular weight is 724 g/mol. The van der Waals surface area contributed by atoms with Crippen LogP contribution in [-0.2, 0) is 0 Å². The molecule has 56 heavy (non-hydrogen) atoms. The van der Waals surface area contributed by atoms with Gasteiger partial charge in [-0.3, -0.25) is 0 Å². The van der Waals surface area contributed by atoms with Crippen molar-refractivity contribution in [1.82, 2.24) is 4.40 Å². The first-order valence-electron chi connectivity index (χ1n) is 19.6. The standard InChI is InChI=1S/C54H33NSi/c1-3-16-38-36(14-1)37-15-2-4-17-39(37)44-22-13-23-45-46-32-34(28-30-49(46)55(54(44)45)48-24-9-5-18-40(38)48)35-29-31-53-47(33-35)43-21-8-12-27-52(43)56(53)50-25-10-6-19-41(50)42-20-7-11-26-51(42)56/h1-33H. The van der Waals surface area contributed by atoms with Crippen LogP contribution in [0.3, 0.4) is 0 Å². The van der Waals surface area contributed by atoms with Crippen LogP contribution in [0.4, 0.5) is 0 Å². The molecule has 0 radical (unpaired) electrons. The molecular formula is C54H33NSi. The van der Waals surface area contributed by atoms with Crippen LogP contribution in [0.1, 0.15) is 0 Å². The molecule has 0 amide bonds.